The summed E-state index contributed by atoms with van der Waals surface area (Å²) in [5, 5.41) is 3.10. The lowest BCUT2D eigenvalue weighted by molar-refractivity contribution is -0.135. The van der Waals surface area contributed by atoms with E-state index in [0.29, 0.717) is 11.5 Å². The fraction of sp³-hybridized carbons (Fsp3) is 0.200. The Hall–Kier alpha value is -3.28. The van der Waals surface area contributed by atoms with Gasteiger partial charge in [0.15, 0.2) is 0 Å². The van der Waals surface area contributed by atoms with E-state index in [2.05, 4.69) is 10.1 Å². The molecule has 26 heavy (non-hydrogen) atoms. The number of methoxy groups -OCH3 is 1. The molecule has 6 heteroatoms. The average Bonchev–Trinajstić information content (AvgIpc) is 3.17. The molecule has 0 radical (unpaired) electrons. The molecule has 1 aromatic carbocycles. The monoisotopic (exact) mass is 352 g/mol. The Morgan fingerprint density at radius 2 is 2.00 bits per heavy atom. The number of para-hydroxylation sites is 1. The summed E-state index contributed by atoms with van der Waals surface area (Å²) in [4.78, 5) is 25.8. The number of esters is 1. The van der Waals surface area contributed by atoms with E-state index < -0.39 is 12.0 Å². The first-order chi connectivity index (χ1) is 12.6. The van der Waals surface area contributed by atoms with Gasteiger partial charge in [-0.15, -0.1) is 0 Å². The van der Waals surface area contributed by atoms with Crippen molar-refractivity contribution in [3.8, 4) is 0 Å². The molecule has 0 aliphatic carbocycles. The highest BCUT2D eigenvalue weighted by atomic mass is 16.5. The molecule has 2 atom stereocenters. The summed E-state index contributed by atoms with van der Waals surface area (Å²) < 4.78 is 9.94. The molecule has 2 heterocycles. The minimum Gasteiger partial charge on any atom is -0.466 e. The van der Waals surface area contributed by atoms with Gasteiger partial charge in [-0.2, -0.15) is 0 Å². The summed E-state index contributed by atoms with van der Waals surface area (Å²) in [6.45, 7) is 1.72. The first kappa shape index (κ1) is 17.5. The number of allylic oxidation sites excluding steroid dienone is 1. The van der Waals surface area contributed by atoms with Crippen molar-refractivity contribution in [2.45, 2.75) is 19.0 Å². The van der Waals surface area contributed by atoms with Gasteiger partial charge in [-0.05, 0) is 37.3 Å². The van der Waals surface area contributed by atoms with E-state index in [1.807, 2.05) is 48.6 Å². The molecule has 134 valence electrons. The van der Waals surface area contributed by atoms with E-state index >= 15 is 0 Å². The number of ether oxygens (including phenoxy) is 1. The highest BCUT2D eigenvalue weighted by Gasteiger charge is 2.46. The van der Waals surface area contributed by atoms with Gasteiger partial charge in [0.25, 0.3) is 5.91 Å². The standard InChI is InChI=1S/C20H20N2O4/c1-14(13-18(23)25-2)21-19-17(11-10-16-9-6-12-26-16)22(20(19)24)15-7-4-3-5-8-15/h3-13,17,19,21H,1-2H3/b11-10+,14-13-/t17-,19+/m1/s1. The zero-order chi connectivity index (χ0) is 18.5. The Morgan fingerprint density at radius 3 is 2.65 bits per heavy atom. The predicted octanol–water partition coefficient (Wildman–Crippen LogP) is 2.74. The fourth-order valence-electron chi connectivity index (χ4n) is 2.84. The topological polar surface area (TPSA) is 71.8 Å². The van der Waals surface area contributed by atoms with Crippen molar-refractivity contribution in [2.75, 3.05) is 12.0 Å². The van der Waals surface area contributed by atoms with Crippen LogP contribution in [-0.2, 0) is 14.3 Å². The van der Waals surface area contributed by atoms with Crippen molar-refractivity contribution in [3.63, 3.8) is 0 Å². The Kier molecular flexibility index (Phi) is 5.22. The number of nitrogens with one attached hydrogen (secondary N) is 1. The van der Waals surface area contributed by atoms with Crippen molar-refractivity contribution < 1.29 is 18.7 Å². The van der Waals surface area contributed by atoms with Crippen LogP contribution in [0, 0.1) is 0 Å². The van der Waals surface area contributed by atoms with Crippen LogP contribution in [0.2, 0.25) is 0 Å². The number of hydrogen-bond acceptors (Lipinski definition) is 5. The third kappa shape index (κ3) is 3.69. The number of carbonyl (C=O) groups excluding carboxylic acids is 2. The van der Waals surface area contributed by atoms with E-state index in [-0.39, 0.29) is 11.9 Å². The molecule has 1 aliphatic rings. The molecule has 1 N–H and O–H groups in total. The van der Waals surface area contributed by atoms with E-state index in [4.69, 9.17) is 4.42 Å². The maximum Gasteiger partial charge on any atom is 0.332 e. The maximum absolute atomic E-state index is 12.7. The quantitative estimate of drug-likeness (QED) is 0.492. The van der Waals surface area contributed by atoms with Gasteiger partial charge in [0, 0.05) is 17.5 Å². The number of furan rings is 1. The summed E-state index contributed by atoms with van der Waals surface area (Å²) in [5.41, 5.74) is 1.39. The zero-order valence-corrected chi connectivity index (χ0v) is 14.6. The molecular formula is C20H20N2O4. The van der Waals surface area contributed by atoms with Crippen molar-refractivity contribution >= 4 is 23.6 Å². The van der Waals surface area contributed by atoms with Crippen LogP contribution in [-0.4, -0.2) is 31.1 Å². The van der Waals surface area contributed by atoms with Crippen molar-refractivity contribution in [1.29, 1.82) is 0 Å². The van der Waals surface area contributed by atoms with Crippen LogP contribution in [0.4, 0.5) is 5.69 Å². The lowest BCUT2D eigenvalue weighted by Crippen LogP contribution is -2.69. The number of benzene rings is 1. The minimum atomic E-state index is -0.470. The lowest BCUT2D eigenvalue weighted by atomic mass is 9.92. The summed E-state index contributed by atoms with van der Waals surface area (Å²) >= 11 is 0. The normalized spacial score (nSPS) is 20.2. The molecule has 1 amide bonds. The number of rotatable bonds is 6. The lowest BCUT2D eigenvalue weighted by Gasteiger charge is -2.46. The molecule has 1 fully saturated rings. The van der Waals surface area contributed by atoms with Crippen LogP contribution in [0.15, 0.2) is 71.0 Å². The first-order valence-electron chi connectivity index (χ1n) is 8.23. The van der Waals surface area contributed by atoms with Gasteiger partial charge < -0.3 is 19.4 Å². The smallest absolute Gasteiger partial charge is 0.332 e. The van der Waals surface area contributed by atoms with E-state index in [0.717, 1.165) is 5.69 Å². The van der Waals surface area contributed by atoms with Crippen LogP contribution in [0.3, 0.4) is 0 Å². The Balaban J connectivity index is 1.82. The first-order valence-corrected chi connectivity index (χ1v) is 8.23. The third-order valence-corrected chi connectivity index (χ3v) is 4.10. The van der Waals surface area contributed by atoms with Crippen LogP contribution in [0.1, 0.15) is 12.7 Å². The zero-order valence-electron chi connectivity index (χ0n) is 14.6. The van der Waals surface area contributed by atoms with Crippen LogP contribution in [0.25, 0.3) is 6.08 Å². The average molecular weight is 352 g/mol. The molecule has 2 aromatic rings. The van der Waals surface area contributed by atoms with E-state index in [1.54, 1.807) is 24.2 Å². The van der Waals surface area contributed by atoms with Gasteiger partial charge in [0.2, 0.25) is 0 Å². The third-order valence-electron chi connectivity index (χ3n) is 4.10. The maximum atomic E-state index is 12.7. The van der Waals surface area contributed by atoms with Gasteiger partial charge >= 0.3 is 5.97 Å². The molecule has 0 unspecified atom stereocenters. The van der Waals surface area contributed by atoms with Crippen LogP contribution < -0.4 is 10.2 Å². The highest BCUT2D eigenvalue weighted by Crippen LogP contribution is 2.30. The molecule has 1 aromatic heterocycles. The molecule has 0 spiro atoms. The highest BCUT2D eigenvalue weighted by molar-refractivity contribution is 6.06. The number of hydrogen-bond donors (Lipinski definition) is 1. The Bertz CT molecular complexity index is 825. The van der Waals surface area contributed by atoms with Crippen LogP contribution in [0.5, 0.6) is 0 Å². The Labute approximate surface area is 151 Å². The molecule has 3 rings (SSSR count). The van der Waals surface area contributed by atoms with Gasteiger partial charge in [-0.25, -0.2) is 4.79 Å². The Morgan fingerprint density at radius 1 is 1.23 bits per heavy atom. The molecule has 1 aliphatic heterocycles. The predicted molar refractivity (Wildman–Crippen MR) is 98.2 cm³/mol. The summed E-state index contributed by atoms with van der Waals surface area (Å²) in [7, 11) is 1.31. The molecule has 0 saturated carbocycles. The number of carbonyl (C=O) groups is 2. The summed E-state index contributed by atoms with van der Waals surface area (Å²) in [6, 6.07) is 12.4. The van der Waals surface area contributed by atoms with Gasteiger partial charge in [0.1, 0.15) is 11.8 Å². The largest absolute Gasteiger partial charge is 0.466 e. The van der Waals surface area contributed by atoms with Crippen molar-refractivity contribution in [1.82, 2.24) is 5.32 Å². The van der Waals surface area contributed by atoms with E-state index in [9.17, 15) is 9.59 Å². The molecule has 1 saturated heterocycles. The second-order valence-corrected chi connectivity index (χ2v) is 5.88. The number of anilines is 1. The van der Waals surface area contributed by atoms with E-state index in [1.165, 1.54) is 13.2 Å². The second-order valence-electron chi connectivity index (χ2n) is 5.88. The van der Waals surface area contributed by atoms with Gasteiger partial charge in [0.05, 0.1) is 19.4 Å². The number of β-lactam (4-membered cyclic amide) rings is 1. The van der Waals surface area contributed by atoms with Gasteiger partial charge in [-0.1, -0.05) is 24.3 Å². The second kappa shape index (κ2) is 7.74. The summed E-state index contributed by atoms with van der Waals surface area (Å²) in [6.07, 6.45) is 6.67. The molecule has 0 bridgehead atoms. The van der Waals surface area contributed by atoms with Crippen molar-refractivity contribution in [2.24, 2.45) is 0 Å². The SMILES string of the molecule is COC(=O)/C=C(/C)N[C@@H]1C(=O)N(c2ccccc2)[C@@H]1/C=C/c1ccco1. The number of nitrogens with zero attached hydrogens (tertiary/aromatic N) is 1. The van der Waals surface area contributed by atoms with Gasteiger partial charge in [-0.3, -0.25) is 4.79 Å². The molecule has 6 nitrogen and oxygen atoms in total. The van der Waals surface area contributed by atoms with Crippen LogP contribution >= 0.6 is 0 Å². The van der Waals surface area contributed by atoms with Crippen molar-refractivity contribution in [3.05, 3.63) is 72.3 Å². The fourth-order valence-corrected chi connectivity index (χ4v) is 2.84. The minimum absolute atomic E-state index is 0.0667. The summed E-state index contributed by atoms with van der Waals surface area (Å²) in [5.74, 6) is 0.171. The number of amides is 1. The molecular weight excluding hydrogens is 332 g/mol.